The molecule has 2 atom stereocenters. The Bertz CT molecular complexity index is 124. The van der Waals surface area contributed by atoms with Gasteiger partial charge in [-0.1, -0.05) is 6.92 Å². The van der Waals surface area contributed by atoms with Crippen LogP contribution in [-0.2, 0) is 4.79 Å². The first-order valence-electron chi connectivity index (χ1n) is 2.95. The quantitative estimate of drug-likeness (QED) is 0.585. The summed E-state index contributed by atoms with van der Waals surface area (Å²) in [7, 11) is 0. The molecule has 1 saturated heterocycles. The highest BCUT2D eigenvalue weighted by atomic mass is 32.2. The van der Waals surface area contributed by atoms with Gasteiger partial charge in [-0.15, -0.1) is 23.5 Å². The second kappa shape index (κ2) is 2.97. The first kappa shape index (κ1) is 7.48. The molecule has 1 heterocycles. The Hall–Kier alpha value is 0.370. The molecule has 0 radical (unpaired) electrons. The van der Waals surface area contributed by atoms with Crippen molar-refractivity contribution in [3.8, 4) is 0 Å². The predicted octanol–water partition coefficient (Wildman–Crippen LogP) is 1.77. The van der Waals surface area contributed by atoms with E-state index in [0.29, 0.717) is 11.0 Å². The summed E-state index contributed by atoms with van der Waals surface area (Å²) in [4.78, 5) is 10.8. The van der Waals surface area contributed by atoms with Gasteiger partial charge in [0, 0.05) is 10.3 Å². The van der Waals surface area contributed by atoms with Crippen LogP contribution in [0.3, 0.4) is 0 Å². The van der Waals surface area contributed by atoms with Crippen LogP contribution >= 0.6 is 23.5 Å². The molecule has 0 aliphatic carbocycles. The third-order valence-corrected chi connectivity index (χ3v) is 4.56. The summed E-state index contributed by atoms with van der Waals surface area (Å²) in [5.74, 6) is 0.331. The maximum atomic E-state index is 10.8. The third-order valence-electron chi connectivity index (χ3n) is 1.41. The van der Waals surface area contributed by atoms with Crippen molar-refractivity contribution in [2.75, 3.05) is 5.08 Å². The number of carbonyl (C=O) groups excluding carboxylic acids is 1. The number of ketones is 1. The summed E-state index contributed by atoms with van der Waals surface area (Å²) in [6.07, 6.45) is 0. The van der Waals surface area contributed by atoms with E-state index in [4.69, 9.17) is 0 Å². The summed E-state index contributed by atoms with van der Waals surface area (Å²) < 4.78 is 0. The molecule has 0 saturated carbocycles. The Labute approximate surface area is 64.0 Å². The van der Waals surface area contributed by atoms with Gasteiger partial charge in [0.2, 0.25) is 0 Å². The van der Waals surface area contributed by atoms with Gasteiger partial charge in [-0.3, -0.25) is 4.79 Å². The van der Waals surface area contributed by atoms with Gasteiger partial charge in [0.25, 0.3) is 0 Å². The van der Waals surface area contributed by atoms with Gasteiger partial charge < -0.3 is 0 Å². The van der Waals surface area contributed by atoms with Crippen molar-refractivity contribution in [1.29, 1.82) is 0 Å². The number of Topliss-reactive ketones (excluding diaryl/α,β-unsaturated/α-hetero) is 1. The highest BCUT2D eigenvalue weighted by Gasteiger charge is 2.27. The van der Waals surface area contributed by atoms with Crippen LogP contribution in [0.4, 0.5) is 0 Å². The molecule has 0 aromatic heterocycles. The molecule has 0 bridgehead atoms. The van der Waals surface area contributed by atoms with E-state index in [1.165, 1.54) is 0 Å². The normalized spacial score (nSPS) is 34.9. The minimum Gasteiger partial charge on any atom is -0.299 e. The second-order valence-electron chi connectivity index (χ2n) is 2.19. The average molecular weight is 162 g/mol. The Morgan fingerprint density at radius 2 is 2.22 bits per heavy atom. The minimum absolute atomic E-state index is 0.273. The fraction of sp³-hybridized carbons (Fsp3) is 0.833. The summed E-state index contributed by atoms with van der Waals surface area (Å²) in [6.45, 7) is 3.80. The lowest BCUT2D eigenvalue weighted by molar-refractivity contribution is -0.116. The molecule has 52 valence electrons. The maximum absolute atomic E-state index is 10.8. The molecule has 1 aliphatic rings. The average Bonchev–Trinajstić information content (AvgIpc) is 2.13. The van der Waals surface area contributed by atoms with Crippen molar-refractivity contribution in [3.63, 3.8) is 0 Å². The molecule has 0 unspecified atom stereocenters. The number of rotatable bonds is 1. The summed E-state index contributed by atoms with van der Waals surface area (Å²) >= 11 is 3.65. The van der Waals surface area contributed by atoms with Crippen molar-refractivity contribution in [3.05, 3.63) is 0 Å². The Morgan fingerprint density at radius 3 is 2.44 bits per heavy atom. The van der Waals surface area contributed by atoms with Crippen molar-refractivity contribution in [2.45, 2.75) is 24.3 Å². The van der Waals surface area contributed by atoms with E-state index in [1.807, 2.05) is 11.8 Å². The molecule has 1 nitrogen and oxygen atoms in total. The van der Waals surface area contributed by atoms with Gasteiger partial charge in [0.1, 0.15) is 5.78 Å². The number of carbonyl (C=O) groups is 1. The highest BCUT2D eigenvalue weighted by molar-refractivity contribution is 8.20. The van der Waals surface area contributed by atoms with E-state index >= 15 is 0 Å². The molecule has 0 amide bonds. The fourth-order valence-electron chi connectivity index (χ4n) is 0.891. The first-order chi connectivity index (χ1) is 4.22. The molecule has 0 N–H and O–H groups in total. The largest absolute Gasteiger partial charge is 0.299 e. The maximum Gasteiger partial charge on any atom is 0.143 e. The minimum atomic E-state index is 0.273. The van der Waals surface area contributed by atoms with Gasteiger partial charge in [0.05, 0.1) is 5.25 Å². The Kier molecular flexibility index (Phi) is 2.47. The van der Waals surface area contributed by atoms with Crippen LogP contribution in [0.2, 0.25) is 0 Å². The van der Waals surface area contributed by atoms with Crippen LogP contribution in [0.25, 0.3) is 0 Å². The van der Waals surface area contributed by atoms with Crippen molar-refractivity contribution in [1.82, 2.24) is 0 Å². The lowest BCUT2D eigenvalue weighted by atomic mass is 10.2. The van der Waals surface area contributed by atoms with Crippen LogP contribution in [0.15, 0.2) is 0 Å². The van der Waals surface area contributed by atoms with Crippen LogP contribution < -0.4 is 0 Å². The van der Waals surface area contributed by atoms with Crippen molar-refractivity contribution >= 4 is 29.3 Å². The smallest absolute Gasteiger partial charge is 0.143 e. The monoisotopic (exact) mass is 162 g/mol. The van der Waals surface area contributed by atoms with E-state index in [9.17, 15) is 4.79 Å². The van der Waals surface area contributed by atoms with Crippen molar-refractivity contribution < 1.29 is 4.79 Å². The molecule has 9 heavy (non-hydrogen) atoms. The topological polar surface area (TPSA) is 17.1 Å². The zero-order chi connectivity index (χ0) is 6.85. The Morgan fingerprint density at radius 1 is 1.56 bits per heavy atom. The van der Waals surface area contributed by atoms with E-state index in [-0.39, 0.29) is 5.25 Å². The predicted molar refractivity (Wildman–Crippen MR) is 44.0 cm³/mol. The zero-order valence-electron chi connectivity index (χ0n) is 5.59. The third kappa shape index (κ3) is 1.64. The Balaban J connectivity index is 2.49. The van der Waals surface area contributed by atoms with Crippen LogP contribution in [0, 0.1) is 0 Å². The van der Waals surface area contributed by atoms with E-state index < -0.39 is 0 Å². The molecule has 0 spiro atoms. The molecule has 0 aromatic rings. The molecule has 0 aromatic carbocycles. The zero-order valence-corrected chi connectivity index (χ0v) is 7.22. The fourth-order valence-corrected chi connectivity index (χ4v) is 3.99. The summed E-state index contributed by atoms with van der Waals surface area (Å²) in [6, 6.07) is 0. The lowest BCUT2D eigenvalue weighted by Gasteiger charge is -2.07. The van der Waals surface area contributed by atoms with Crippen LogP contribution in [0.5, 0.6) is 0 Å². The van der Waals surface area contributed by atoms with Gasteiger partial charge in [-0.05, 0) is 6.92 Å². The van der Waals surface area contributed by atoms with E-state index in [0.717, 1.165) is 5.08 Å². The molecule has 1 rings (SSSR count). The van der Waals surface area contributed by atoms with Gasteiger partial charge in [-0.2, -0.15) is 0 Å². The van der Waals surface area contributed by atoms with E-state index in [1.54, 1.807) is 18.7 Å². The van der Waals surface area contributed by atoms with Gasteiger partial charge in [-0.25, -0.2) is 0 Å². The van der Waals surface area contributed by atoms with Crippen LogP contribution in [-0.4, -0.2) is 21.4 Å². The standard InChI is InChI=1S/C6H10OS2/c1-4(7)6-5(2)8-3-9-6/h5-6H,3H2,1-2H3/t5-,6-/m1/s1. The molecular formula is C6H10OS2. The molecular weight excluding hydrogens is 152 g/mol. The molecule has 1 aliphatic heterocycles. The van der Waals surface area contributed by atoms with E-state index in [2.05, 4.69) is 6.92 Å². The number of hydrogen-bond donors (Lipinski definition) is 0. The SMILES string of the molecule is CC(=O)[C@H]1SCS[C@@H]1C. The number of hydrogen-bond acceptors (Lipinski definition) is 3. The second-order valence-corrected chi connectivity index (χ2v) is 5.05. The summed E-state index contributed by atoms with van der Waals surface area (Å²) in [5, 5.41) is 1.90. The number of thioether (sulfide) groups is 2. The lowest BCUT2D eigenvalue weighted by Crippen LogP contribution is -2.19. The molecule has 3 heteroatoms. The molecule has 1 fully saturated rings. The first-order valence-corrected chi connectivity index (χ1v) is 5.05. The van der Waals surface area contributed by atoms with Gasteiger partial charge in [0.15, 0.2) is 0 Å². The van der Waals surface area contributed by atoms with Gasteiger partial charge >= 0.3 is 0 Å². The van der Waals surface area contributed by atoms with Crippen LogP contribution in [0.1, 0.15) is 13.8 Å². The summed E-state index contributed by atoms with van der Waals surface area (Å²) in [5.41, 5.74) is 0. The van der Waals surface area contributed by atoms with Crippen molar-refractivity contribution in [2.24, 2.45) is 0 Å². The highest BCUT2D eigenvalue weighted by Crippen LogP contribution is 2.36.